The van der Waals surface area contributed by atoms with Gasteiger partial charge in [0.2, 0.25) is 0 Å². The molecule has 1 aromatic heterocycles. The molecule has 5 nitrogen and oxygen atoms in total. The van der Waals surface area contributed by atoms with Crippen LogP contribution in [0.1, 0.15) is 0 Å². The minimum absolute atomic E-state index is 0.310. The smallest absolute Gasteiger partial charge is 0.323 e. The van der Waals surface area contributed by atoms with Gasteiger partial charge in [-0.1, -0.05) is 30.3 Å². The highest BCUT2D eigenvalue weighted by molar-refractivity contribution is 6.02. The summed E-state index contributed by atoms with van der Waals surface area (Å²) in [7, 11) is 1.60. The van der Waals surface area contributed by atoms with Crippen LogP contribution in [0.2, 0.25) is 0 Å². The molecule has 3 aromatic rings. The number of methoxy groups -OCH3 is 1. The second kappa shape index (κ2) is 6.70. The number of aromatic amines is 1. The van der Waals surface area contributed by atoms with E-state index in [0.29, 0.717) is 17.1 Å². The van der Waals surface area contributed by atoms with Crippen LogP contribution in [0.3, 0.4) is 0 Å². The molecule has 0 aliphatic carbocycles. The predicted octanol–water partition coefficient (Wildman–Crippen LogP) is 4.33. The molecule has 0 saturated carbocycles. The third kappa shape index (κ3) is 3.52. The van der Waals surface area contributed by atoms with E-state index >= 15 is 0 Å². The van der Waals surface area contributed by atoms with Crippen LogP contribution >= 0.6 is 0 Å². The third-order valence-electron chi connectivity index (χ3n) is 3.42. The van der Waals surface area contributed by atoms with Crippen LogP contribution < -0.4 is 15.4 Å². The fourth-order valence-corrected chi connectivity index (χ4v) is 2.31. The van der Waals surface area contributed by atoms with Crippen molar-refractivity contribution in [1.29, 1.82) is 0 Å². The van der Waals surface area contributed by atoms with Gasteiger partial charge in [-0.05, 0) is 23.8 Å². The molecule has 23 heavy (non-hydrogen) atoms. The van der Waals surface area contributed by atoms with Crippen LogP contribution in [0, 0.1) is 0 Å². The van der Waals surface area contributed by atoms with E-state index in [1.807, 2.05) is 42.5 Å². The first-order chi connectivity index (χ1) is 11.3. The quantitative estimate of drug-likeness (QED) is 0.671. The lowest BCUT2D eigenvalue weighted by Gasteiger charge is -2.13. The summed E-state index contributed by atoms with van der Waals surface area (Å²) in [5, 5.41) is 5.64. The van der Waals surface area contributed by atoms with Gasteiger partial charge in [-0.2, -0.15) is 0 Å². The number of hydrogen-bond acceptors (Lipinski definition) is 2. The molecule has 0 spiro atoms. The van der Waals surface area contributed by atoms with Gasteiger partial charge in [-0.15, -0.1) is 0 Å². The van der Waals surface area contributed by atoms with Crippen molar-refractivity contribution in [3.05, 3.63) is 67.0 Å². The molecule has 0 saturated heterocycles. The Kier molecular flexibility index (Phi) is 4.29. The van der Waals surface area contributed by atoms with Crippen molar-refractivity contribution in [3.8, 4) is 16.9 Å². The van der Waals surface area contributed by atoms with E-state index < -0.39 is 0 Å². The highest BCUT2D eigenvalue weighted by Crippen LogP contribution is 2.31. The summed E-state index contributed by atoms with van der Waals surface area (Å²) in [5.41, 5.74) is 3.33. The molecule has 2 amide bonds. The number of H-pyrrole nitrogens is 1. The number of urea groups is 1. The third-order valence-corrected chi connectivity index (χ3v) is 3.42. The van der Waals surface area contributed by atoms with E-state index in [0.717, 1.165) is 11.1 Å². The number of amides is 2. The van der Waals surface area contributed by atoms with Gasteiger partial charge in [-0.25, -0.2) is 4.79 Å². The highest BCUT2D eigenvalue weighted by Gasteiger charge is 2.10. The summed E-state index contributed by atoms with van der Waals surface area (Å²) in [6.45, 7) is 0. The largest absolute Gasteiger partial charge is 0.497 e. The lowest BCUT2D eigenvalue weighted by Crippen LogP contribution is -2.19. The standard InChI is InChI=1S/C18H17N3O2/c1-23-15-7-8-16(13-5-3-2-4-6-13)17(11-15)21-18(22)20-14-9-10-19-12-14/h2-12,19H,1H3,(H2,20,21,22). The molecular formula is C18H17N3O2. The molecule has 0 aliphatic heterocycles. The SMILES string of the molecule is COc1ccc(-c2ccccc2)c(NC(=O)Nc2cc[nH]c2)c1. The number of carbonyl (C=O) groups excluding carboxylic acids is 1. The fraction of sp³-hybridized carbons (Fsp3) is 0.0556. The van der Waals surface area contributed by atoms with Crippen molar-refractivity contribution in [2.45, 2.75) is 0 Å². The van der Waals surface area contributed by atoms with Crippen molar-refractivity contribution in [2.24, 2.45) is 0 Å². The Labute approximate surface area is 134 Å². The number of aromatic nitrogens is 1. The maximum atomic E-state index is 12.2. The molecule has 5 heteroatoms. The molecule has 0 fully saturated rings. The number of benzene rings is 2. The van der Waals surface area contributed by atoms with Gasteiger partial charge in [0, 0.05) is 24.0 Å². The molecule has 0 aliphatic rings. The van der Waals surface area contributed by atoms with E-state index in [4.69, 9.17) is 4.74 Å². The zero-order valence-corrected chi connectivity index (χ0v) is 12.7. The van der Waals surface area contributed by atoms with Crippen LogP contribution in [0.4, 0.5) is 16.2 Å². The van der Waals surface area contributed by atoms with Crippen LogP contribution in [0.15, 0.2) is 67.0 Å². The minimum atomic E-state index is -0.310. The van der Waals surface area contributed by atoms with Crippen molar-refractivity contribution < 1.29 is 9.53 Å². The van der Waals surface area contributed by atoms with Gasteiger partial charge in [-0.3, -0.25) is 0 Å². The molecular weight excluding hydrogens is 290 g/mol. The highest BCUT2D eigenvalue weighted by atomic mass is 16.5. The maximum absolute atomic E-state index is 12.2. The molecule has 0 bridgehead atoms. The first-order valence-electron chi connectivity index (χ1n) is 7.20. The first kappa shape index (κ1) is 14.7. The number of anilines is 2. The fourth-order valence-electron chi connectivity index (χ4n) is 2.31. The summed E-state index contributed by atoms with van der Waals surface area (Å²) in [5.74, 6) is 0.682. The first-order valence-corrected chi connectivity index (χ1v) is 7.20. The zero-order chi connectivity index (χ0) is 16.1. The van der Waals surface area contributed by atoms with Crippen LogP contribution in [-0.2, 0) is 0 Å². The van der Waals surface area contributed by atoms with Crippen molar-refractivity contribution in [3.63, 3.8) is 0 Å². The van der Waals surface area contributed by atoms with Gasteiger partial charge in [0.15, 0.2) is 0 Å². The van der Waals surface area contributed by atoms with Crippen LogP contribution in [0.5, 0.6) is 5.75 Å². The lowest BCUT2D eigenvalue weighted by atomic mass is 10.0. The van der Waals surface area contributed by atoms with E-state index in [-0.39, 0.29) is 6.03 Å². The predicted molar refractivity (Wildman–Crippen MR) is 91.9 cm³/mol. The summed E-state index contributed by atoms with van der Waals surface area (Å²) < 4.78 is 5.26. The molecule has 116 valence electrons. The van der Waals surface area contributed by atoms with E-state index in [2.05, 4.69) is 15.6 Å². The van der Waals surface area contributed by atoms with Crippen molar-refractivity contribution >= 4 is 17.4 Å². The van der Waals surface area contributed by atoms with Gasteiger partial charge < -0.3 is 20.4 Å². The zero-order valence-electron chi connectivity index (χ0n) is 12.7. The molecule has 0 unspecified atom stereocenters. The summed E-state index contributed by atoms with van der Waals surface area (Å²) in [4.78, 5) is 15.1. The Morgan fingerprint density at radius 1 is 1.04 bits per heavy atom. The van der Waals surface area contributed by atoms with E-state index in [1.54, 1.807) is 31.6 Å². The number of nitrogens with one attached hydrogen (secondary N) is 3. The number of ether oxygens (including phenoxy) is 1. The number of carbonyl (C=O) groups is 1. The molecule has 2 aromatic carbocycles. The molecule has 0 radical (unpaired) electrons. The molecule has 3 rings (SSSR count). The minimum Gasteiger partial charge on any atom is -0.497 e. The van der Waals surface area contributed by atoms with Gasteiger partial charge in [0.25, 0.3) is 0 Å². The summed E-state index contributed by atoms with van der Waals surface area (Å²) >= 11 is 0. The van der Waals surface area contributed by atoms with Crippen LogP contribution in [-0.4, -0.2) is 18.1 Å². The number of rotatable bonds is 4. The van der Waals surface area contributed by atoms with Crippen molar-refractivity contribution in [2.75, 3.05) is 17.7 Å². The second-order valence-electron chi connectivity index (χ2n) is 4.96. The van der Waals surface area contributed by atoms with Gasteiger partial charge >= 0.3 is 6.03 Å². The molecule has 0 atom stereocenters. The average molecular weight is 307 g/mol. The lowest BCUT2D eigenvalue weighted by molar-refractivity contribution is 0.262. The van der Waals surface area contributed by atoms with Gasteiger partial charge in [0.1, 0.15) is 5.75 Å². The van der Waals surface area contributed by atoms with Crippen molar-refractivity contribution in [1.82, 2.24) is 4.98 Å². The Morgan fingerprint density at radius 3 is 2.57 bits per heavy atom. The number of hydrogen-bond donors (Lipinski definition) is 3. The Morgan fingerprint density at radius 2 is 1.87 bits per heavy atom. The Hall–Kier alpha value is -3.21. The van der Waals surface area contributed by atoms with Crippen LogP contribution in [0.25, 0.3) is 11.1 Å². The topological polar surface area (TPSA) is 66.2 Å². The molecule has 1 heterocycles. The van der Waals surface area contributed by atoms with E-state index in [9.17, 15) is 4.79 Å². The monoisotopic (exact) mass is 307 g/mol. The van der Waals surface area contributed by atoms with Gasteiger partial charge in [0.05, 0.1) is 18.5 Å². The maximum Gasteiger partial charge on any atom is 0.323 e. The normalized spacial score (nSPS) is 10.1. The van der Waals surface area contributed by atoms with E-state index in [1.165, 1.54) is 0 Å². The average Bonchev–Trinajstić information content (AvgIpc) is 3.08. The molecule has 3 N–H and O–H groups in total. The Bertz CT molecular complexity index is 783. The summed E-state index contributed by atoms with van der Waals surface area (Å²) in [6, 6.07) is 17.0. The Balaban J connectivity index is 1.88. The second-order valence-corrected chi connectivity index (χ2v) is 4.96. The summed E-state index contributed by atoms with van der Waals surface area (Å²) in [6.07, 6.45) is 3.46.